The van der Waals surface area contributed by atoms with Crippen LogP contribution in [-0.4, -0.2) is 35.7 Å². The van der Waals surface area contributed by atoms with Gasteiger partial charge in [0.1, 0.15) is 0 Å². The highest BCUT2D eigenvalue weighted by molar-refractivity contribution is 9.10. The summed E-state index contributed by atoms with van der Waals surface area (Å²) in [7, 11) is 0. The number of carbonyl (C=O) groups excluding carboxylic acids is 1. The van der Waals surface area contributed by atoms with Crippen molar-refractivity contribution in [1.29, 1.82) is 0 Å². The molecule has 0 spiro atoms. The number of piperidine rings is 1. The molecule has 0 aromatic heterocycles. The Hall–Kier alpha value is -1.07. The Labute approximate surface area is 121 Å². The average Bonchev–Trinajstić information content (AvgIpc) is 2.43. The molecule has 0 radical (unpaired) electrons. The fourth-order valence-corrected chi connectivity index (χ4v) is 2.57. The fourth-order valence-electron chi connectivity index (χ4n) is 2.19. The van der Waals surface area contributed by atoms with Gasteiger partial charge in [0.2, 0.25) is 0 Å². The number of aliphatic hydroxyl groups is 1. The van der Waals surface area contributed by atoms with Crippen molar-refractivity contribution in [1.82, 2.24) is 4.90 Å². The van der Waals surface area contributed by atoms with E-state index in [-0.39, 0.29) is 12.6 Å². The Balaban J connectivity index is 1.92. The van der Waals surface area contributed by atoms with Crippen molar-refractivity contribution in [2.24, 2.45) is 5.92 Å². The molecule has 104 valence electrons. The van der Waals surface area contributed by atoms with Crippen LogP contribution >= 0.6 is 15.9 Å². The molecule has 2 N–H and O–H groups in total. The number of hydrogen-bond acceptors (Lipinski definition) is 2. The summed E-state index contributed by atoms with van der Waals surface area (Å²) in [5.74, 6) is 0.345. The van der Waals surface area contributed by atoms with Gasteiger partial charge in [-0.1, -0.05) is 22.0 Å². The first-order valence-corrected chi connectivity index (χ1v) is 7.32. The lowest BCUT2D eigenvalue weighted by Crippen LogP contribution is -2.41. The van der Waals surface area contributed by atoms with E-state index in [9.17, 15) is 4.79 Å². The minimum absolute atomic E-state index is 0.0628. The Morgan fingerprint density at radius 2 is 2.16 bits per heavy atom. The molecule has 0 atom stereocenters. The van der Waals surface area contributed by atoms with E-state index < -0.39 is 0 Å². The van der Waals surface area contributed by atoms with Gasteiger partial charge in [-0.2, -0.15) is 0 Å². The third-order valence-electron chi connectivity index (χ3n) is 3.58. The first-order valence-electron chi connectivity index (χ1n) is 6.53. The molecule has 1 aliphatic heterocycles. The molecule has 0 aliphatic carbocycles. The number of carbonyl (C=O) groups is 1. The van der Waals surface area contributed by atoms with Crippen molar-refractivity contribution in [2.75, 3.05) is 25.0 Å². The zero-order chi connectivity index (χ0) is 13.8. The molecule has 1 fully saturated rings. The van der Waals surface area contributed by atoms with Gasteiger partial charge in [-0.3, -0.25) is 0 Å². The third kappa shape index (κ3) is 3.70. The van der Waals surface area contributed by atoms with Gasteiger partial charge < -0.3 is 15.3 Å². The molecule has 2 rings (SSSR count). The number of rotatable bonds is 2. The highest BCUT2D eigenvalue weighted by atomic mass is 79.9. The van der Waals surface area contributed by atoms with Crippen LogP contribution in [0.15, 0.2) is 22.7 Å². The van der Waals surface area contributed by atoms with Gasteiger partial charge in [0, 0.05) is 29.9 Å². The standard InChI is InChI=1S/C14H19BrN2O2/c1-10-2-3-12(8-13(10)15)16-14(19)17-6-4-11(9-18)5-7-17/h2-3,8,11,18H,4-7,9H2,1H3,(H,16,19). The van der Waals surface area contributed by atoms with Gasteiger partial charge in [0.25, 0.3) is 0 Å². The van der Waals surface area contributed by atoms with E-state index in [1.807, 2.05) is 25.1 Å². The Morgan fingerprint density at radius 1 is 1.47 bits per heavy atom. The van der Waals surface area contributed by atoms with Gasteiger partial charge >= 0.3 is 6.03 Å². The molecule has 5 heteroatoms. The van der Waals surface area contributed by atoms with E-state index >= 15 is 0 Å². The van der Waals surface area contributed by atoms with Gasteiger partial charge in [-0.05, 0) is 43.4 Å². The zero-order valence-corrected chi connectivity index (χ0v) is 12.6. The summed E-state index contributed by atoms with van der Waals surface area (Å²) in [6.45, 7) is 3.66. The van der Waals surface area contributed by atoms with Crippen LogP contribution in [0, 0.1) is 12.8 Å². The maximum atomic E-state index is 12.1. The van der Waals surface area contributed by atoms with Crippen LogP contribution in [0.25, 0.3) is 0 Å². The smallest absolute Gasteiger partial charge is 0.321 e. The number of nitrogens with one attached hydrogen (secondary N) is 1. The average molecular weight is 327 g/mol. The summed E-state index contributed by atoms with van der Waals surface area (Å²) < 4.78 is 0.990. The van der Waals surface area contributed by atoms with Crippen molar-refractivity contribution in [3.63, 3.8) is 0 Å². The highest BCUT2D eigenvalue weighted by Crippen LogP contribution is 2.22. The van der Waals surface area contributed by atoms with Crippen LogP contribution < -0.4 is 5.32 Å². The Kier molecular flexibility index (Phi) is 4.82. The molecule has 1 heterocycles. The lowest BCUT2D eigenvalue weighted by atomic mass is 9.98. The summed E-state index contributed by atoms with van der Waals surface area (Å²) in [6, 6.07) is 5.72. The quantitative estimate of drug-likeness (QED) is 0.877. The normalized spacial score (nSPS) is 16.5. The maximum absolute atomic E-state index is 12.1. The van der Waals surface area contributed by atoms with Crippen molar-refractivity contribution in [3.05, 3.63) is 28.2 Å². The van der Waals surface area contributed by atoms with E-state index in [1.165, 1.54) is 0 Å². The lowest BCUT2D eigenvalue weighted by molar-refractivity contribution is 0.143. The molecule has 19 heavy (non-hydrogen) atoms. The zero-order valence-electron chi connectivity index (χ0n) is 11.0. The summed E-state index contributed by atoms with van der Waals surface area (Å²) in [5, 5.41) is 12.0. The molecule has 1 saturated heterocycles. The van der Waals surface area contributed by atoms with Crippen LogP contribution in [-0.2, 0) is 0 Å². The van der Waals surface area contributed by atoms with Crippen LogP contribution in [0.5, 0.6) is 0 Å². The van der Waals surface area contributed by atoms with E-state index in [0.29, 0.717) is 19.0 Å². The molecular weight excluding hydrogens is 308 g/mol. The van der Waals surface area contributed by atoms with Crippen LogP contribution in [0.3, 0.4) is 0 Å². The Morgan fingerprint density at radius 3 is 2.74 bits per heavy atom. The number of amides is 2. The predicted octanol–water partition coefficient (Wildman–Crippen LogP) is 2.99. The SMILES string of the molecule is Cc1ccc(NC(=O)N2CCC(CO)CC2)cc1Br. The summed E-state index contributed by atoms with van der Waals surface area (Å²) in [5.41, 5.74) is 1.94. The number of likely N-dealkylation sites (tertiary alicyclic amines) is 1. The number of benzene rings is 1. The molecule has 0 bridgehead atoms. The molecule has 4 nitrogen and oxygen atoms in total. The largest absolute Gasteiger partial charge is 0.396 e. The highest BCUT2D eigenvalue weighted by Gasteiger charge is 2.22. The monoisotopic (exact) mass is 326 g/mol. The molecular formula is C14H19BrN2O2. The number of halogens is 1. The number of nitrogens with zero attached hydrogens (tertiary/aromatic N) is 1. The second-order valence-corrected chi connectivity index (χ2v) is 5.86. The van der Waals surface area contributed by atoms with E-state index in [2.05, 4.69) is 21.2 Å². The molecule has 2 amide bonds. The number of hydrogen-bond donors (Lipinski definition) is 2. The van der Waals surface area contributed by atoms with E-state index in [1.54, 1.807) is 4.90 Å². The van der Waals surface area contributed by atoms with Crippen molar-refractivity contribution in [3.8, 4) is 0 Å². The van der Waals surface area contributed by atoms with Crippen LogP contribution in [0.4, 0.5) is 10.5 Å². The number of urea groups is 1. The van der Waals surface area contributed by atoms with Crippen LogP contribution in [0.1, 0.15) is 18.4 Å². The molecule has 0 unspecified atom stereocenters. The van der Waals surface area contributed by atoms with Crippen molar-refractivity contribution >= 4 is 27.6 Å². The first kappa shape index (κ1) is 14.3. The third-order valence-corrected chi connectivity index (χ3v) is 4.44. The summed E-state index contributed by atoms with van der Waals surface area (Å²) in [6.07, 6.45) is 1.75. The Bertz CT molecular complexity index is 457. The lowest BCUT2D eigenvalue weighted by Gasteiger charge is -2.31. The minimum Gasteiger partial charge on any atom is -0.396 e. The maximum Gasteiger partial charge on any atom is 0.321 e. The molecule has 1 aromatic carbocycles. The minimum atomic E-state index is -0.0628. The molecule has 0 saturated carbocycles. The number of anilines is 1. The topological polar surface area (TPSA) is 52.6 Å². The second-order valence-electron chi connectivity index (χ2n) is 5.01. The predicted molar refractivity (Wildman–Crippen MR) is 79.3 cm³/mol. The number of aliphatic hydroxyl groups excluding tert-OH is 1. The number of aryl methyl sites for hydroxylation is 1. The van der Waals surface area contributed by atoms with Gasteiger partial charge in [-0.15, -0.1) is 0 Å². The van der Waals surface area contributed by atoms with Crippen molar-refractivity contribution < 1.29 is 9.90 Å². The van der Waals surface area contributed by atoms with Gasteiger partial charge in [0.05, 0.1) is 0 Å². The van der Waals surface area contributed by atoms with Crippen molar-refractivity contribution in [2.45, 2.75) is 19.8 Å². The second kappa shape index (κ2) is 6.39. The first-order chi connectivity index (χ1) is 9.10. The molecule has 1 aromatic rings. The fraction of sp³-hybridized carbons (Fsp3) is 0.500. The van der Waals surface area contributed by atoms with Gasteiger partial charge in [-0.25, -0.2) is 4.79 Å². The van der Waals surface area contributed by atoms with E-state index in [4.69, 9.17) is 5.11 Å². The summed E-state index contributed by atoms with van der Waals surface area (Å²) >= 11 is 3.46. The summed E-state index contributed by atoms with van der Waals surface area (Å²) in [4.78, 5) is 13.9. The van der Waals surface area contributed by atoms with E-state index in [0.717, 1.165) is 28.6 Å². The van der Waals surface area contributed by atoms with Gasteiger partial charge in [0.15, 0.2) is 0 Å². The van der Waals surface area contributed by atoms with Crippen LogP contribution in [0.2, 0.25) is 0 Å². The molecule has 1 aliphatic rings.